The number of hydrogen-bond acceptors (Lipinski definition) is 4. The van der Waals surface area contributed by atoms with E-state index in [9.17, 15) is 13.6 Å². The van der Waals surface area contributed by atoms with Crippen LogP contribution in [0.25, 0.3) is 0 Å². The van der Waals surface area contributed by atoms with Gasteiger partial charge in [0.25, 0.3) is 0 Å². The topological polar surface area (TPSA) is 64.3 Å². The Balaban J connectivity index is 2.44. The summed E-state index contributed by atoms with van der Waals surface area (Å²) >= 11 is 5.65. The maximum absolute atomic E-state index is 13.9. The van der Waals surface area contributed by atoms with Crippen molar-refractivity contribution in [2.45, 2.75) is 0 Å². The molecule has 0 heterocycles. The molecule has 0 saturated heterocycles. The first-order valence-electron chi connectivity index (χ1n) is 5.82. The zero-order valence-corrected chi connectivity index (χ0v) is 11.7. The lowest BCUT2D eigenvalue weighted by Crippen LogP contribution is -2.08. The molecule has 3 N–H and O–H groups in total. The number of nitrogens with one attached hydrogen (secondary N) is 1. The number of nitrogens with two attached hydrogens (primary N) is 1. The Kier molecular flexibility index (Phi) is 4.28. The van der Waals surface area contributed by atoms with E-state index in [0.717, 1.165) is 12.1 Å². The highest BCUT2D eigenvalue weighted by molar-refractivity contribution is 6.31. The van der Waals surface area contributed by atoms with Crippen LogP contribution in [-0.4, -0.2) is 13.1 Å². The number of ether oxygens (including phenoxy) is 1. The lowest BCUT2D eigenvalue weighted by atomic mass is 10.1. The smallest absolute Gasteiger partial charge is 0.340 e. The molecule has 0 saturated carbocycles. The average Bonchev–Trinajstić information content (AvgIpc) is 2.45. The van der Waals surface area contributed by atoms with Gasteiger partial charge in [-0.15, -0.1) is 0 Å². The largest absolute Gasteiger partial charge is 0.465 e. The summed E-state index contributed by atoms with van der Waals surface area (Å²) in [5.74, 6) is -2.18. The summed E-state index contributed by atoms with van der Waals surface area (Å²) in [6.45, 7) is 0. The second-order valence-electron chi connectivity index (χ2n) is 4.14. The molecule has 21 heavy (non-hydrogen) atoms. The van der Waals surface area contributed by atoms with Gasteiger partial charge in [-0.25, -0.2) is 13.6 Å². The van der Waals surface area contributed by atoms with Crippen LogP contribution in [0.15, 0.2) is 30.3 Å². The van der Waals surface area contributed by atoms with Gasteiger partial charge in [0.05, 0.1) is 29.1 Å². The third-order valence-electron chi connectivity index (χ3n) is 2.77. The number of esters is 1. The van der Waals surface area contributed by atoms with Crippen molar-refractivity contribution in [1.82, 2.24) is 0 Å². The maximum Gasteiger partial charge on any atom is 0.340 e. The number of rotatable bonds is 3. The zero-order chi connectivity index (χ0) is 15.6. The number of nitrogen functional groups attached to an aromatic ring is 1. The Morgan fingerprint density at radius 2 is 2.00 bits per heavy atom. The van der Waals surface area contributed by atoms with Gasteiger partial charge in [-0.1, -0.05) is 17.7 Å². The van der Waals surface area contributed by atoms with Crippen molar-refractivity contribution in [3.63, 3.8) is 0 Å². The van der Waals surface area contributed by atoms with Crippen molar-refractivity contribution in [2.75, 3.05) is 18.2 Å². The summed E-state index contributed by atoms with van der Waals surface area (Å²) in [5, 5.41) is 2.42. The number of anilines is 3. The van der Waals surface area contributed by atoms with Crippen LogP contribution in [0.5, 0.6) is 0 Å². The second-order valence-corrected chi connectivity index (χ2v) is 4.54. The summed E-state index contributed by atoms with van der Waals surface area (Å²) in [6, 6.07) is 6.36. The number of carbonyl (C=O) groups excluding carboxylic acids is 1. The van der Waals surface area contributed by atoms with E-state index in [-0.39, 0.29) is 27.6 Å². The minimum atomic E-state index is -0.737. The molecule has 0 radical (unpaired) electrons. The van der Waals surface area contributed by atoms with Crippen molar-refractivity contribution in [1.29, 1.82) is 0 Å². The Hall–Kier alpha value is -2.34. The molecule has 0 aliphatic carbocycles. The van der Waals surface area contributed by atoms with Gasteiger partial charge in [-0.3, -0.25) is 0 Å². The summed E-state index contributed by atoms with van der Waals surface area (Å²) in [5.41, 5.74) is 5.31. The third-order valence-corrected chi connectivity index (χ3v) is 3.06. The molecule has 0 bridgehead atoms. The molecule has 0 unspecified atom stereocenters. The van der Waals surface area contributed by atoms with Crippen molar-refractivity contribution in [3.8, 4) is 0 Å². The SMILES string of the molecule is COC(=O)c1cc(Nc2cccc(Cl)c2F)c(F)cc1N. The molecule has 110 valence electrons. The van der Waals surface area contributed by atoms with E-state index >= 15 is 0 Å². The average molecular weight is 313 g/mol. The summed E-state index contributed by atoms with van der Waals surface area (Å²) in [7, 11) is 1.18. The fourth-order valence-corrected chi connectivity index (χ4v) is 1.89. The second kappa shape index (κ2) is 5.97. The van der Waals surface area contributed by atoms with Crippen molar-refractivity contribution in [2.24, 2.45) is 0 Å². The normalized spacial score (nSPS) is 10.3. The van der Waals surface area contributed by atoms with Gasteiger partial charge in [0.1, 0.15) is 5.82 Å². The van der Waals surface area contributed by atoms with Crippen LogP contribution in [0.3, 0.4) is 0 Å². The highest BCUT2D eigenvalue weighted by Gasteiger charge is 2.16. The van der Waals surface area contributed by atoms with Crippen molar-refractivity contribution in [3.05, 3.63) is 52.6 Å². The van der Waals surface area contributed by atoms with E-state index in [2.05, 4.69) is 10.1 Å². The number of benzene rings is 2. The molecule has 7 heteroatoms. The Labute approximate surface area is 124 Å². The molecule has 0 spiro atoms. The van der Waals surface area contributed by atoms with E-state index in [0.29, 0.717) is 0 Å². The molecule has 4 nitrogen and oxygen atoms in total. The zero-order valence-electron chi connectivity index (χ0n) is 10.9. The van der Waals surface area contributed by atoms with Crippen molar-refractivity contribution < 1.29 is 18.3 Å². The first-order chi connectivity index (χ1) is 9.93. The molecule has 0 aromatic heterocycles. The van der Waals surface area contributed by atoms with Gasteiger partial charge in [-0.05, 0) is 24.3 Å². The molecule has 0 fully saturated rings. The molecule has 2 rings (SSSR count). The van der Waals surface area contributed by atoms with Crippen LogP contribution in [-0.2, 0) is 4.74 Å². The van der Waals surface area contributed by atoms with Gasteiger partial charge in [0, 0.05) is 5.69 Å². The van der Waals surface area contributed by atoms with Crippen LogP contribution >= 0.6 is 11.6 Å². The molecular weight excluding hydrogens is 302 g/mol. The minimum absolute atomic E-state index is 0.0242. The molecule has 0 aliphatic rings. The van der Waals surface area contributed by atoms with Gasteiger partial charge >= 0.3 is 5.97 Å². The predicted octanol–water partition coefficient (Wildman–Crippen LogP) is 3.73. The van der Waals surface area contributed by atoms with Crippen LogP contribution < -0.4 is 11.1 Å². The molecule has 0 atom stereocenters. The number of methoxy groups -OCH3 is 1. The first-order valence-corrected chi connectivity index (χ1v) is 6.20. The monoisotopic (exact) mass is 312 g/mol. The summed E-state index contributed by atoms with van der Waals surface area (Å²) in [4.78, 5) is 11.5. The summed E-state index contributed by atoms with van der Waals surface area (Å²) < 4.78 is 32.2. The van der Waals surface area contributed by atoms with E-state index < -0.39 is 17.6 Å². The Bertz CT molecular complexity index is 708. The van der Waals surface area contributed by atoms with E-state index in [1.165, 1.54) is 25.3 Å². The van der Waals surface area contributed by atoms with Crippen LogP contribution in [0, 0.1) is 11.6 Å². The van der Waals surface area contributed by atoms with Crippen LogP contribution in [0.4, 0.5) is 25.8 Å². The fourth-order valence-electron chi connectivity index (χ4n) is 1.72. The van der Waals surface area contributed by atoms with Crippen LogP contribution in [0.2, 0.25) is 5.02 Å². The molecule has 2 aromatic rings. The predicted molar refractivity (Wildman–Crippen MR) is 76.8 cm³/mol. The van der Waals surface area contributed by atoms with E-state index in [4.69, 9.17) is 17.3 Å². The number of halogens is 3. The standard InChI is InChI=1S/C14H11ClF2N2O2/c1-21-14(20)7-5-12(9(16)6-10(7)18)19-11-4-2-3-8(15)13(11)17/h2-6,19H,18H2,1H3. The minimum Gasteiger partial charge on any atom is -0.465 e. The van der Waals surface area contributed by atoms with Gasteiger partial charge < -0.3 is 15.8 Å². The van der Waals surface area contributed by atoms with E-state index in [1.54, 1.807) is 0 Å². The Morgan fingerprint density at radius 3 is 2.67 bits per heavy atom. The number of hydrogen-bond donors (Lipinski definition) is 2. The first kappa shape index (κ1) is 15.1. The number of carbonyl (C=O) groups is 1. The molecule has 0 aliphatic heterocycles. The highest BCUT2D eigenvalue weighted by Crippen LogP contribution is 2.29. The third kappa shape index (κ3) is 3.05. The molecular formula is C14H11ClF2N2O2. The van der Waals surface area contributed by atoms with Gasteiger partial charge in [-0.2, -0.15) is 0 Å². The molecule has 2 aromatic carbocycles. The lowest BCUT2D eigenvalue weighted by Gasteiger charge is -2.12. The molecule has 0 amide bonds. The van der Waals surface area contributed by atoms with Crippen molar-refractivity contribution >= 4 is 34.6 Å². The Morgan fingerprint density at radius 1 is 1.29 bits per heavy atom. The highest BCUT2D eigenvalue weighted by atomic mass is 35.5. The lowest BCUT2D eigenvalue weighted by molar-refractivity contribution is 0.0602. The quantitative estimate of drug-likeness (QED) is 0.669. The van der Waals surface area contributed by atoms with Gasteiger partial charge in [0.15, 0.2) is 5.82 Å². The van der Waals surface area contributed by atoms with E-state index in [1.807, 2.05) is 0 Å². The summed E-state index contributed by atoms with van der Waals surface area (Å²) in [6.07, 6.45) is 0. The van der Waals surface area contributed by atoms with Gasteiger partial charge in [0.2, 0.25) is 0 Å². The van der Waals surface area contributed by atoms with Crippen LogP contribution in [0.1, 0.15) is 10.4 Å². The fraction of sp³-hybridized carbons (Fsp3) is 0.0714. The maximum atomic E-state index is 13.9.